The molecule has 0 radical (unpaired) electrons. The molecule has 1 rings (SSSR count). The van der Waals surface area contributed by atoms with Crippen LogP contribution in [0.25, 0.3) is 10.4 Å². The molecule has 0 amide bonds. The maximum absolute atomic E-state index is 7.96. The van der Waals surface area contributed by atoms with E-state index in [0.717, 1.165) is 12.1 Å². The Hall–Kier alpha value is -1.22. The van der Waals surface area contributed by atoms with Crippen molar-refractivity contribution in [3.8, 4) is 0 Å². The van der Waals surface area contributed by atoms with Gasteiger partial charge in [-0.1, -0.05) is 10.3 Å². The minimum atomic E-state index is -0.0316. The first-order valence-corrected chi connectivity index (χ1v) is 3.03. The van der Waals surface area contributed by atoms with Gasteiger partial charge in [0.25, 0.3) is 0 Å². The highest BCUT2D eigenvalue weighted by Gasteiger charge is 2.16. The Labute approximate surface area is 58.3 Å². The summed E-state index contributed by atoms with van der Waals surface area (Å²) >= 11 is 0. The van der Waals surface area contributed by atoms with Crippen LogP contribution in [0, 0.1) is 0 Å². The summed E-state index contributed by atoms with van der Waals surface area (Å²) in [5.41, 5.74) is 8.91. The van der Waals surface area contributed by atoms with Gasteiger partial charge in [-0.3, -0.25) is 0 Å². The zero-order valence-electron chi connectivity index (χ0n) is 5.69. The second-order valence-electron chi connectivity index (χ2n) is 2.17. The molecule has 5 heteroatoms. The van der Waals surface area contributed by atoms with E-state index in [0.29, 0.717) is 6.54 Å². The first-order chi connectivity index (χ1) is 4.83. The van der Waals surface area contributed by atoms with E-state index in [2.05, 4.69) is 15.2 Å². The first kappa shape index (κ1) is 6.89. The van der Waals surface area contributed by atoms with E-state index in [-0.39, 0.29) is 6.10 Å². The molecule has 0 saturated heterocycles. The molecule has 0 fully saturated rings. The maximum atomic E-state index is 7.96. The summed E-state index contributed by atoms with van der Waals surface area (Å²) < 4.78 is 0. The lowest BCUT2D eigenvalue weighted by Gasteiger charge is -2.00. The maximum Gasteiger partial charge on any atom is 0.138 e. The first-order valence-electron chi connectivity index (χ1n) is 3.03. The Bertz CT molecular complexity index is 194. The molecule has 0 aromatic heterocycles. The predicted octanol–water partition coefficient (Wildman–Crippen LogP) is 1.46. The summed E-state index contributed by atoms with van der Waals surface area (Å²) in [7, 11) is 0. The number of rotatable bonds is 2. The Morgan fingerprint density at radius 3 is 3.30 bits per heavy atom. The number of hydrogen-bond acceptors (Lipinski definition) is 3. The Morgan fingerprint density at radius 1 is 2.00 bits per heavy atom. The molecule has 1 unspecified atom stereocenters. The molecule has 0 saturated carbocycles. The molecule has 0 spiro atoms. The van der Waals surface area contributed by atoms with Gasteiger partial charge in [-0.15, -0.1) is 0 Å². The third-order valence-corrected chi connectivity index (χ3v) is 1.23. The van der Waals surface area contributed by atoms with E-state index in [4.69, 9.17) is 10.4 Å². The highest BCUT2D eigenvalue weighted by Crippen LogP contribution is 2.09. The second kappa shape index (κ2) is 3.08. The van der Waals surface area contributed by atoms with Crippen LogP contribution in [-0.2, 0) is 4.84 Å². The Balaban J connectivity index is 2.29. The zero-order valence-corrected chi connectivity index (χ0v) is 5.69. The fourth-order valence-corrected chi connectivity index (χ4v) is 0.794. The smallest absolute Gasteiger partial charge is 0.138 e. The van der Waals surface area contributed by atoms with Crippen LogP contribution in [0.4, 0.5) is 0 Å². The highest BCUT2D eigenvalue weighted by atomic mass is 16.6. The minimum absolute atomic E-state index is 0.0316. The molecule has 0 N–H and O–H groups in total. The van der Waals surface area contributed by atoms with E-state index in [1.54, 1.807) is 0 Å². The van der Waals surface area contributed by atoms with E-state index in [1.165, 1.54) is 0 Å². The van der Waals surface area contributed by atoms with Crippen molar-refractivity contribution in [1.82, 2.24) is 0 Å². The van der Waals surface area contributed by atoms with Gasteiger partial charge >= 0.3 is 0 Å². The van der Waals surface area contributed by atoms with Gasteiger partial charge < -0.3 is 4.84 Å². The number of hydrogen-bond donors (Lipinski definition) is 0. The van der Waals surface area contributed by atoms with Crippen LogP contribution >= 0.6 is 0 Å². The van der Waals surface area contributed by atoms with E-state index < -0.39 is 0 Å². The average molecular weight is 140 g/mol. The van der Waals surface area contributed by atoms with Crippen LogP contribution in [-0.4, -0.2) is 18.4 Å². The molecule has 5 nitrogen and oxygen atoms in total. The molecule has 10 heavy (non-hydrogen) atoms. The van der Waals surface area contributed by atoms with Gasteiger partial charge in [0.05, 0.1) is 12.3 Å². The normalized spacial score (nSPS) is 22.9. The van der Waals surface area contributed by atoms with Crippen LogP contribution in [0.5, 0.6) is 0 Å². The lowest BCUT2D eigenvalue weighted by atomic mass is 10.2. The van der Waals surface area contributed by atoms with Gasteiger partial charge in [-0.2, -0.15) is 0 Å². The topological polar surface area (TPSA) is 70.4 Å². The van der Waals surface area contributed by atoms with E-state index >= 15 is 0 Å². The van der Waals surface area contributed by atoms with E-state index in [9.17, 15) is 0 Å². The predicted molar refractivity (Wildman–Crippen MR) is 36.6 cm³/mol. The fraction of sp³-hybridized carbons (Fsp3) is 0.800. The second-order valence-corrected chi connectivity index (χ2v) is 2.17. The van der Waals surface area contributed by atoms with Gasteiger partial charge in [0, 0.05) is 11.3 Å². The molecular weight excluding hydrogens is 132 g/mol. The zero-order chi connectivity index (χ0) is 7.40. The van der Waals surface area contributed by atoms with Crippen LogP contribution in [0.15, 0.2) is 10.3 Å². The number of oxime groups is 1. The third kappa shape index (κ3) is 1.63. The quantitative estimate of drug-likeness (QED) is 0.325. The van der Waals surface area contributed by atoms with Crippen molar-refractivity contribution < 1.29 is 4.84 Å². The van der Waals surface area contributed by atoms with Gasteiger partial charge in [0.2, 0.25) is 0 Å². The van der Waals surface area contributed by atoms with Gasteiger partial charge in [-0.05, 0) is 12.5 Å². The standard InChI is InChI=1S/C5H8N4O/c1-4-2-5(10-8-4)3-7-9-6/h5H,2-3H2,1H3. The van der Waals surface area contributed by atoms with Crippen LogP contribution in [0.2, 0.25) is 0 Å². The summed E-state index contributed by atoms with van der Waals surface area (Å²) in [6.45, 7) is 2.26. The van der Waals surface area contributed by atoms with Crippen molar-refractivity contribution in [1.29, 1.82) is 0 Å². The monoisotopic (exact) mass is 140 g/mol. The Kier molecular flexibility index (Phi) is 2.12. The van der Waals surface area contributed by atoms with Crippen molar-refractivity contribution in [3.63, 3.8) is 0 Å². The van der Waals surface area contributed by atoms with Crippen molar-refractivity contribution in [2.24, 2.45) is 10.3 Å². The van der Waals surface area contributed by atoms with Crippen molar-refractivity contribution in [2.45, 2.75) is 19.4 Å². The minimum Gasteiger partial charge on any atom is -0.392 e. The summed E-state index contributed by atoms with van der Waals surface area (Å²) in [6, 6.07) is 0. The number of azide groups is 1. The Morgan fingerprint density at radius 2 is 2.80 bits per heavy atom. The molecule has 1 heterocycles. The van der Waals surface area contributed by atoms with Crippen LogP contribution < -0.4 is 0 Å². The highest BCUT2D eigenvalue weighted by molar-refractivity contribution is 5.82. The molecule has 0 bridgehead atoms. The molecule has 1 aliphatic rings. The molecule has 0 aromatic carbocycles. The SMILES string of the molecule is CC1=NOC(CN=[N+]=[N-])C1. The number of nitrogens with zero attached hydrogens (tertiary/aromatic N) is 4. The van der Waals surface area contributed by atoms with Crippen LogP contribution in [0.3, 0.4) is 0 Å². The van der Waals surface area contributed by atoms with Crippen LogP contribution in [0.1, 0.15) is 13.3 Å². The van der Waals surface area contributed by atoms with Crippen molar-refractivity contribution in [2.75, 3.05) is 6.54 Å². The summed E-state index contributed by atoms with van der Waals surface area (Å²) in [5.74, 6) is 0. The average Bonchev–Trinajstić information content (AvgIpc) is 2.31. The molecule has 0 aromatic rings. The molecule has 0 aliphatic carbocycles. The van der Waals surface area contributed by atoms with E-state index in [1.807, 2.05) is 6.92 Å². The lowest BCUT2D eigenvalue weighted by molar-refractivity contribution is 0.0919. The summed E-state index contributed by atoms with van der Waals surface area (Å²) in [4.78, 5) is 7.51. The van der Waals surface area contributed by atoms with Gasteiger partial charge in [0.1, 0.15) is 6.10 Å². The fourth-order valence-electron chi connectivity index (χ4n) is 0.794. The van der Waals surface area contributed by atoms with Gasteiger partial charge in [-0.25, -0.2) is 0 Å². The van der Waals surface area contributed by atoms with Crippen molar-refractivity contribution in [3.05, 3.63) is 10.4 Å². The summed E-state index contributed by atoms with van der Waals surface area (Å²) in [6.07, 6.45) is 0.745. The third-order valence-electron chi connectivity index (χ3n) is 1.23. The molecular formula is C5H8N4O. The molecule has 54 valence electrons. The largest absolute Gasteiger partial charge is 0.392 e. The molecule has 1 aliphatic heterocycles. The van der Waals surface area contributed by atoms with Gasteiger partial charge in [0.15, 0.2) is 0 Å². The lowest BCUT2D eigenvalue weighted by Crippen LogP contribution is -2.09. The van der Waals surface area contributed by atoms with Crippen molar-refractivity contribution >= 4 is 5.71 Å². The molecule has 1 atom stereocenters. The summed E-state index contributed by atoms with van der Waals surface area (Å²) in [5, 5.41) is 7.07.